The van der Waals surface area contributed by atoms with E-state index in [-0.39, 0.29) is 0 Å². The quantitative estimate of drug-likeness (QED) is 0.338. The zero-order valence-electron chi connectivity index (χ0n) is 17.2. The minimum absolute atomic E-state index is 0.587. The zero-order chi connectivity index (χ0) is 21.5. The van der Waals surface area contributed by atoms with E-state index in [0.29, 0.717) is 17.2 Å². The Kier molecular flexibility index (Phi) is 5.22. The van der Waals surface area contributed by atoms with E-state index < -0.39 is 0 Å². The lowest BCUT2D eigenvalue weighted by atomic mass is 10.3. The summed E-state index contributed by atoms with van der Waals surface area (Å²) in [5, 5.41) is 26.5. The molecule has 5 aromatic heterocycles. The maximum absolute atomic E-state index is 4.64. The number of nitrogens with one attached hydrogen (secondary N) is 1. The lowest BCUT2D eigenvalue weighted by molar-refractivity contribution is 0.554. The molecule has 1 N–H and O–H groups in total. The van der Waals surface area contributed by atoms with Crippen LogP contribution >= 0.6 is 27.7 Å². The van der Waals surface area contributed by atoms with E-state index in [4.69, 9.17) is 0 Å². The Balaban J connectivity index is 1.31. The second-order valence-electron chi connectivity index (χ2n) is 7.06. The summed E-state index contributed by atoms with van der Waals surface area (Å²) in [5.41, 5.74) is 3.55. The first-order valence-electron chi connectivity index (χ1n) is 9.83. The number of aromatic nitrogens is 11. The molecule has 0 amide bonds. The molecule has 0 aliphatic carbocycles. The number of nitrogens with zero attached hydrogens (tertiary/aromatic N) is 10. The highest BCUT2D eigenvalue weighted by molar-refractivity contribution is 9.10. The minimum Gasteiger partial charge on any atom is -0.306 e. The van der Waals surface area contributed by atoms with Gasteiger partial charge in [-0.15, -0.1) is 15.3 Å². The Bertz CT molecular complexity index is 1380. The van der Waals surface area contributed by atoms with Crippen LogP contribution in [0.5, 0.6) is 0 Å². The standard InChI is InChI=1S/C18H20BrN11S/c1-4-28-14(5-6-29-11(3)15(19)10(2)26-29)23-25-18(28)31-8-13-22-17-12-7-21-24-16(12)20-9-30(17)27-13/h7,9H,4-6,8H2,1-3H3,(H,21,24). The smallest absolute Gasteiger partial charge is 0.191 e. The van der Waals surface area contributed by atoms with E-state index in [1.165, 1.54) is 0 Å². The van der Waals surface area contributed by atoms with E-state index in [9.17, 15) is 0 Å². The van der Waals surface area contributed by atoms with Gasteiger partial charge in [-0.2, -0.15) is 10.2 Å². The van der Waals surface area contributed by atoms with Crippen molar-refractivity contribution < 1.29 is 0 Å². The third-order valence-electron chi connectivity index (χ3n) is 5.11. The van der Waals surface area contributed by atoms with Gasteiger partial charge in [-0.05, 0) is 36.7 Å². The molecule has 0 aromatic carbocycles. The molecule has 13 heteroatoms. The average Bonchev–Trinajstić information content (AvgIpc) is 3.53. The third kappa shape index (κ3) is 3.61. The molecule has 0 fully saturated rings. The van der Waals surface area contributed by atoms with Gasteiger partial charge < -0.3 is 4.57 Å². The monoisotopic (exact) mass is 501 g/mol. The molecule has 11 nitrogen and oxygen atoms in total. The number of halogens is 1. The number of thioether (sulfide) groups is 1. The fraction of sp³-hybridized carbons (Fsp3) is 0.389. The van der Waals surface area contributed by atoms with E-state index in [0.717, 1.165) is 57.4 Å². The topological polar surface area (TPSA) is 120 Å². The highest BCUT2D eigenvalue weighted by Crippen LogP contribution is 2.23. The van der Waals surface area contributed by atoms with Gasteiger partial charge in [0, 0.05) is 25.2 Å². The number of H-pyrrole nitrogens is 1. The van der Waals surface area contributed by atoms with Crippen LogP contribution in [-0.2, 0) is 25.3 Å². The molecule has 0 atom stereocenters. The van der Waals surface area contributed by atoms with Crippen molar-refractivity contribution in [3.8, 4) is 0 Å². The lowest BCUT2D eigenvalue weighted by Gasteiger charge is -2.08. The normalized spacial score (nSPS) is 11.9. The van der Waals surface area contributed by atoms with Crippen LogP contribution in [0.15, 0.2) is 22.2 Å². The van der Waals surface area contributed by atoms with Gasteiger partial charge >= 0.3 is 0 Å². The SMILES string of the molecule is CCn1c(CCn2nc(C)c(Br)c2C)nnc1SCc1nc2c3cn[nH]c3ncn2n1. The molecule has 0 aliphatic heterocycles. The van der Waals surface area contributed by atoms with Gasteiger partial charge in [-0.25, -0.2) is 14.5 Å². The number of hydrogen-bond donors (Lipinski definition) is 1. The predicted octanol–water partition coefficient (Wildman–Crippen LogP) is 2.72. The Hall–Kier alpha value is -2.80. The van der Waals surface area contributed by atoms with Crippen molar-refractivity contribution in [1.82, 2.24) is 54.3 Å². The molecule has 0 bridgehead atoms. The van der Waals surface area contributed by atoms with Crippen LogP contribution in [0.25, 0.3) is 16.7 Å². The van der Waals surface area contributed by atoms with E-state index in [1.807, 2.05) is 11.6 Å². The molecule has 31 heavy (non-hydrogen) atoms. The first-order chi connectivity index (χ1) is 15.0. The summed E-state index contributed by atoms with van der Waals surface area (Å²) in [6, 6.07) is 0. The van der Waals surface area contributed by atoms with Crippen LogP contribution in [0.1, 0.15) is 30.0 Å². The number of aryl methyl sites for hydroxylation is 3. The maximum atomic E-state index is 4.64. The molecule has 5 rings (SSSR count). The van der Waals surface area contributed by atoms with Crippen molar-refractivity contribution in [2.45, 2.75) is 51.2 Å². The van der Waals surface area contributed by atoms with Crippen molar-refractivity contribution in [1.29, 1.82) is 0 Å². The summed E-state index contributed by atoms with van der Waals surface area (Å²) in [6.45, 7) is 7.70. The lowest BCUT2D eigenvalue weighted by Crippen LogP contribution is -2.10. The Labute approximate surface area is 189 Å². The number of aromatic amines is 1. The first-order valence-corrected chi connectivity index (χ1v) is 11.6. The molecule has 5 aromatic rings. The Morgan fingerprint density at radius 2 is 2.06 bits per heavy atom. The van der Waals surface area contributed by atoms with E-state index in [1.54, 1.807) is 28.8 Å². The van der Waals surface area contributed by atoms with Gasteiger partial charge in [0.25, 0.3) is 0 Å². The Morgan fingerprint density at radius 3 is 2.84 bits per heavy atom. The van der Waals surface area contributed by atoms with Crippen molar-refractivity contribution in [2.75, 3.05) is 0 Å². The molecule has 0 unspecified atom stereocenters. The summed E-state index contributed by atoms with van der Waals surface area (Å²) < 4.78 is 6.88. The molecule has 5 heterocycles. The first kappa shape index (κ1) is 20.1. The van der Waals surface area contributed by atoms with Crippen LogP contribution in [-0.4, -0.2) is 54.3 Å². The van der Waals surface area contributed by atoms with Crippen molar-refractivity contribution in [3.63, 3.8) is 0 Å². The van der Waals surface area contributed by atoms with Crippen LogP contribution in [0.2, 0.25) is 0 Å². The van der Waals surface area contributed by atoms with Gasteiger partial charge in [0.05, 0.1) is 27.5 Å². The molecule has 160 valence electrons. The zero-order valence-corrected chi connectivity index (χ0v) is 19.6. The van der Waals surface area contributed by atoms with Gasteiger partial charge in [-0.1, -0.05) is 11.8 Å². The number of hydrogen-bond acceptors (Lipinski definition) is 8. The van der Waals surface area contributed by atoms with Crippen LogP contribution in [0, 0.1) is 13.8 Å². The van der Waals surface area contributed by atoms with E-state index >= 15 is 0 Å². The molecular formula is C18H20BrN11S. The Morgan fingerprint density at radius 1 is 1.19 bits per heavy atom. The summed E-state index contributed by atoms with van der Waals surface area (Å²) in [6.07, 6.45) is 4.11. The molecular weight excluding hydrogens is 482 g/mol. The second-order valence-corrected chi connectivity index (χ2v) is 8.80. The molecule has 0 saturated heterocycles. The van der Waals surface area contributed by atoms with E-state index in [2.05, 4.69) is 74.9 Å². The largest absolute Gasteiger partial charge is 0.306 e. The molecule has 0 radical (unpaired) electrons. The average molecular weight is 502 g/mol. The van der Waals surface area contributed by atoms with Crippen LogP contribution in [0.3, 0.4) is 0 Å². The van der Waals surface area contributed by atoms with Gasteiger partial charge in [0.15, 0.2) is 22.3 Å². The summed E-state index contributed by atoms with van der Waals surface area (Å²) >= 11 is 5.16. The van der Waals surface area contributed by atoms with Crippen molar-refractivity contribution >= 4 is 44.4 Å². The second kappa shape index (κ2) is 8.04. The third-order valence-corrected chi connectivity index (χ3v) is 7.22. The predicted molar refractivity (Wildman–Crippen MR) is 119 cm³/mol. The molecule has 0 spiro atoms. The summed E-state index contributed by atoms with van der Waals surface area (Å²) in [5.74, 6) is 2.24. The molecule has 0 aliphatic rings. The summed E-state index contributed by atoms with van der Waals surface area (Å²) in [4.78, 5) is 8.93. The molecule has 0 saturated carbocycles. The maximum Gasteiger partial charge on any atom is 0.191 e. The van der Waals surface area contributed by atoms with Crippen LogP contribution < -0.4 is 0 Å². The van der Waals surface area contributed by atoms with Crippen molar-refractivity contribution in [3.05, 3.63) is 40.0 Å². The highest BCUT2D eigenvalue weighted by atomic mass is 79.9. The van der Waals surface area contributed by atoms with Gasteiger partial charge in [-0.3, -0.25) is 9.78 Å². The van der Waals surface area contributed by atoms with Gasteiger partial charge in [0.1, 0.15) is 12.2 Å². The fourth-order valence-electron chi connectivity index (χ4n) is 3.50. The number of rotatable bonds is 7. The fourth-order valence-corrected chi connectivity index (χ4v) is 4.66. The van der Waals surface area contributed by atoms with Gasteiger partial charge in [0.2, 0.25) is 0 Å². The van der Waals surface area contributed by atoms with Crippen LogP contribution in [0.4, 0.5) is 0 Å². The number of fused-ring (bicyclic) bond motifs is 3. The van der Waals surface area contributed by atoms with Crippen molar-refractivity contribution in [2.24, 2.45) is 0 Å². The minimum atomic E-state index is 0.587. The summed E-state index contributed by atoms with van der Waals surface area (Å²) in [7, 11) is 0. The highest BCUT2D eigenvalue weighted by Gasteiger charge is 2.16.